The Kier molecular flexibility index (Phi) is 6.52. The molecule has 2 N–H and O–H groups in total. The van der Waals surface area contributed by atoms with Gasteiger partial charge in [0.15, 0.2) is 0 Å². The normalized spacial score (nSPS) is 11.6. The molecule has 0 aromatic carbocycles. The van der Waals surface area contributed by atoms with E-state index in [1.165, 1.54) is 0 Å². The molecule has 7 heteroatoms. The Morgan fingerprint density at radius 2 is 2.07 bits per heavy atom. The van der Waals surface area contributed by atoms with Crippen LogP contribution in [0.15, 0.2) is 0 Å². The fraction of sp³-hybridized carbons (Fsp3) is 0.625. The number of ether oxygens (including phenoxy) is 1. The number of carboxylic acids is 1. The van der Waals surface area contributed by atoms with Gasteiger partial charge in [-0.1, -0.05) is 6.92 Å². The van der Waals surface area contributed by atoms with Crippen LogP contribution in [-0.2, 0) is 14.3 Å². The molecule has 0 saturated carbocycles. The standard InChI is InChI=1S/C8H13NO5S/c1-5(3-7(11)12)15-4-6(10)9-8(13)14-2/h5H,3-4H2,1-2H3,(H,11,12)(H,9,10,13). The van der Waals surface area contributed by atoms with Crippen LogP contribution >= 0.6 is 11.8 Å². The molecule has 0 spiro atoms. The average molecular weight is 235 g/mol. The molecule has 86 valence electrons. The fourth-order valence-electron chi connectivity index (χ4n) is 0.724. The van der Waals surface area contributed by atoms with E-state index in [0.717, 1.165) is 18.9 Å². The smallest absolute Gasteiger partial charge is 0.413 e. The van der Waals surface area contributed by atoms with E-state index in [2.05, 4.69) is 4.74 Å². The van der Waals surface area contributed by atoms with Gasteiger partial charge in [-0.15, -0.1) is 11.8 Å². The van der Waals surface area contributed by atoms with Crippen molar-refractivity contribution >= 4 is 29.7 Å². The molecular weight excluding hydrogens is 222 g/mol. The quantitative estimate of drug-likeness (QED) is 0.719. The Balaban J connectivity index is 3.70. The minimum atomic E-state index is -0.914. The van der Waals surface area contributed by atoms with Crippen molar-refractivity contribution in [3.8, 4) is 0 Å². The lowest BCUT2D eigenvalue weighted by Crippen LogP contribution is -2.32. The van der Waals surface area contributed by atoms with Crippen LogP contribution in [0.2, 0.25) is 0 Å². The van der Waals surface area contributed by atoms with Gasteiger partial charge in [0.05, 0.1) is 19.3 Å². The molecule has 0 fully saturated rings. The van der Waals surface area contributed by atoms with E-state index in [9.17, 15) is 14.4 Å². The maximum absolute atomic E-state index is 11.0. The Morgan fingerprint density at radius 1 is 1.47 bits per heavy atom. The minimum Gasteiger partial charge on any atom is -0.481 e. The van der Waals surface area contributed by atoms with Crippen molar-refractivity contribution in [2.24, 2.45) is 0 Å². The van der Waals surface area contributed by atoms with Crippen LogP contribution < -0.4 is 5.32 Å². The first-order chi connectivity index (χ1) is 6.95. The van der Waals surface area contributed by atoms with Gasteiger partial charge < -0.3 is 9.84 Å². The zero-order chi connectivity index (χ0) is 11.8. The lowest BCUT2D eigenvalue weighted by molar-refractivity contribution is -0.136. The Bertz CT molecular complexity index is 255. The minimum absolute atomic E-state index is 0.0177. The van der Waals surface area contributed by atoms with Gasteiger partial charge in [-0.25, -0.2) is 4.79 Å². The van der Waals surface area contributed by atoms with Gasteiger partial charge in [-0.05, 0) is 0 Å². The molecule has 0 aliphatic rings. The molecule has 0 bridgehead atoms. The van der Waals surface area contributed by atoms with Gasteiger partial charge in [-0.2, -0.15) is 0 Å². The summed E-state index contributed by atoms with van der Waals surface area (Å²) in [5.74, 6) is -1.38. The molecule has 0 aromatic heterocycles. The molecule has 1 unspecified atom stereocenters. The first-order valence-corrected chi connectivity index (χ1v) is 5.21. The van der Waals surface area contributed by atoms with Crippen LogP contribution in [0.3, 0.4) is 0 Å². The Hall–Kier alpha value is -1.24. The van der Waals surface area contributed by atoms with Gasteiger partial charge in [0.1, 0.15) is 0 Å². The van der Waals surface area contributed by atoms with Crippen LogP contribution in [0, 0.1) is 0 Å². The Labute approximate surface area is 91.4 Å². The summed E-state index contributed by atoms with van der Waals surface area (Å²) in [6.07, 6.45) is -0.831. The van der Waals surface area contributed by atoms with Gasteiger partial charge in [0.25, 0.3) is 0 Å². The summed E-state index contributed by atoms with van der Waals surface area (Å²) in [7, 11) is 1.16. The highest BCUT2D eigenvalue weighted by molar-refractivity contribution is 8.00. The van der Waals surface area contributed by atoms with Crippen LogP contribution in [0.1, 0.15) is 13.3 Å². The van der Waals surface area contributed by atoms with E-state index in [-0.39, 0.29) is 17.4 Å². The summed E-state index contributed by atoms with van der Waals surface area (Å²) >= 11 is 1.16. The van der Waals surface area contributed by atoms with E-state index in [0.29, 0.717) is 0 Å². The highest BCUT2D eigenvalue weighted by Gasteiger charge is 2.12. The topological polar surface area (TPSA) is 92.7 Å². The van der Waals surface area contributed by atoms with Gasteiger partial charge in [-0.3, -0.25) is 14.9 Å². The highest BCUT2D eigenvalue weighted by Crippen LogP contribution is 2.13. The monoisotopic (exact) mass is 235 g/mol. The van der Waals surface area contributed by atoms with Crippen molar-refractivity contribution in [1.29, 1.82) is 0 Å². The number of hydrogen-bond donors (Lipinski definition) is 2. The van der Waals surface area contributed by atoms with E-state index in [1.807, 2.05) is 5.32 Å². The number of methoxy groups -OCH3 is 1. The number of hydrogen-bond acceptors (Lipinski definition) is 5. The van der Waals surface area contributed by atoms with Crippen molar-refractivity contribution in [3.05, 3.63) is 0 Å². The molecule has 0 aromatic rings. The molecule has 1 atom stereocenters. The predicted molar refractivity (Wildman–Crippen MR) is 54.7 cm³/mol. The van der Waals surface area contributed by atoms with E-state index < -0.39 is 18.0 Å². The third-order valence-corrected chi connectivity index (χ3v) is 2.55. The number of carboxylic acid groups (broad SMARTS) is 1. The summed E-state index contributed by atoms with van der Waals surface area (Å²) in [6.45, 7) is 1.70. The largest absolute Gasteiger partial charge is 0.481 e. The number of amides is 2. The summed E-state index contributed by atoms with van der Waals surface area (Å²) in [5.41, 5.74) is 0. The molecule has 15 heavy (non-hydrogen) atoms. The van der Waals surface area contributed by atoms with Gasteiger partial charge >= 0.3 is 12.1 Å². The zero-order valence-corrected chi connectivity index (χ0v) is 9.30. The third-order valence-electron chi connectivity index (χ3n) is 1.39. The number of nitrogens with one attached hydrogen (secondary N) is 1. The maximum Gasteiger partial charge on any atom is 0.413 e. The molecular formula is C8H13NO5S. The molecule has 0 radical (unpaired) electrons. The maximum atomic E-state index is 11.0. The van der Waals surface area contributed by atoms with Gasteiger partial charge in [0.2, 0.25) is 5.91 Å². The van der Waals surface area contributed by atoms with E-state index >= 15 is 0 Å². The number of thioether (sulfide) groups is 1. The van der Waals surface area contributed by atoms with Gasteiger partial charge in [0, 0.05) is 5.25 Å². The van der Waals surface area contributed by atoms with E-state index in [4.69, 9.17) is 5.11 Å². The van der Waals surface area contributed by atoms with E-state index in [1.54, 1.807) is 6.92 Å². The van der Waals surface area contributed by atoms with Crippen LogP contribution in [0.5, 0.6) is 0 Å². The summed E-state index contributed by atoms with van der Waals surface area (Å²) in [4.78, 5) is 31.9. The molecule has 2 amide bonds. The number of aliphatic carboxylic acids is 1. The molecule has 0 aliphatic heterocycles. The zero-order valence-electron chi connectivity index (χ0n) is 8.48. The molecule has 0 heterocycles. The SMILES string of the molecule is COC(=O)NC(=O)CSC(C)CC(=O)O. The lowest BCUT2D eigenvalue weighted by Gasteiger charge is -2.07. The van der Waals surface area contributed by atoms with Crippen molar-refractivity contribution < 1.29 is 24.2 Å². The van der Waals surface area contributed by atoms with Crippen molar-refractivity contribution in [3.63, 3.8) is 0 Å². The third kappa shape index (κ3) is 7.80. The van der Waals surface area contributed by atoms with Crippen molar-refractivity contribution in [2.45, 2.75) is 18.6 Å². The number of carbonyl (C=O) groups excluding carboxylic acids is 2. The lowest BCUT2D eigenvalue weighted by atomic mass is 10.3. The molecule has 0 rings (SSSR count). The first kappa shape index (κ1) is 13.8. The number of alkyl carbamates (subject to hydrolysis) is 1. The molecule has 0 saturated heterocycles. The molecule has 0 aliphatic carbocycles. The average Bonchev–Trinajstić information content (AvgIpc) is 2.13. The number of carbonyl (C=O) groups is 3. The van der Waals surface area contributed by atoms with Crippen LogP contribution in [0.25, 0.3) is 0 Å². The first-order valence-electron chi connectivity index (χ1n) is 4.17. The van der Waals surface area contributed by atoms with Crippen LogP contribution in [-0.4, -0.2) is 41.2 Å². The van der Waals surface area contributed by atoms with Crippen LogP contribution in [0.4, 0.5) is 4.79 Å². The molecule has 6 nitrogen and oxygen atoms in total. The Morgan fingerprint density at radius 3 is 2.53 bits per heavy atom. The predicted octanol–water partition coefficient (Wildman–Crippen LogP) is 0.465. The van der Waals surface area contributed by atoms with Crippen molar-refractivity contribution in [1.82, 2.24) is 5.32 Å². The second-order valence-electron chi connectivity index (χ2n) is 2.76. The second kappa shape index (κ2) is 7.10. The fourth-order valence-corrected chi connectivity index (χ4v) is 1.49. The highest BCUT2D eigenvalue weighted by atomic mass is 32.2. The summed E-state index contributed by atoms with van der Waals surface area (Å²) < 4.78 is 4.22. The summed E-state index contributed by atoms with van der Waals surface area (Å²) in [5, 5.41) is 10.2. The summed E-state index contributed by atoms with van der Waals surface area (Å²) in [6, 6.07) is 0. The second-order valence-corrected chi connectivity index (χ2v) is 4.19. The number of imide groups is 1. The van der Waals surface area contributed by atoms with Crippen molar-refractivity contribution in [2.75, 3.05) is 12.9 Å². The number of rotatable bonds is 5.